The number of fused-ring (bicyclic) bond motifs is 1. The first kappa shape index (κ1) is 27.1. The number of aromatic nitrogens is 2. The highest BCUT2D eigenvalue weighted by Gasteiger charge is 2.35. The van der Waals surface area contributed by atoms with Crippen molar-refractivity contribution >= 4 is 17.5 Å². The minimum atomic E-state index is -4.77. The Balaban J connectivity index is 1.35. The van der Waals surface area contributed by atoms with Crippen LogP contribution in [-0.4, -0.2) is 70.5 Å². The number of halogens is 3. The number of hydrogen-bond acceptors (Lipinski definition) is 7. The van der Waals surface area contributed by atoms with E-state index in [0.717, 1.165) is 18.6 Å². The topological polar surface area (TPSA) is 115 Å². The largest absolute Gasteiger partial charge is 0.573 e. The van der Waals surface area contributed by atoms with Crippen LogP contribution in [0.5, 0.6) is 17.2 Å². The van der Waals surface area contributed by atoms with Gasteiger partial charge in [-0.2, -0.15) is 5.10 Å². The lowest BCUT2D eigenvalue weighted by molar-refractivity contribution is -0.274. The first-order valence-corrected chi connectivity index (χ1v) is 12.6. The van der Waals surface area contributed by atoms with Crippen molar-refractivity contribution in [1.29, 1.82) is 0 Å². The first-order valence-electron chi connectivity index (χ1n) is 12.6. The number of rotatable bonds is 7. The Morgan fingerprint density at radius 1 is 1.00 bits per heavy atom. The van der Waals surface area contributed by atoms with Crippen LogP contribution in [-0.2, 0) is 4.79 Å². The van der Waals surface area contributed by atoms with Crippen LogP contribution in [0.4, 0.5) is 18.9 Å². The van der Waals surface area contributed by atoms with Crippen molar-refractivity contribution in [3.05, 3.63) is 72.6 Å². The Bertz CT molecular complexity index is 1400. The molecule has 2 aliphatic rings. The molecule has 1 saturated heterocycles. The van der Waals surface area contributed by atoms with E-state index < -0.39 is 12.3 Å². The first-order chi connectivity index (χ1) is 19.1. The predicted octanol–water partition coefficient (Wildman–Crippen LogP) is 3.85. The Kier molecular flexibility index (Phi) is 7.39. The molecule has 2 aromatic carbocycles. The number of hydrogen-bond donors (Lipinski definition) is 2. The molecular weight excluding hydrogens is 529 g/mol. The van der Waals surface area contributed by atoms with Gasteiger partial charge in [0.25, 0.3) is 5.91 Å². The number of ether oxygens (including phenoxy) is 2. The number of nitrogens with zero attached hydrogens (tertiary/aromatic N) is 4. The summed E-state index contributed by atoms with van der Waals surface area (Å²) in [6.45, 7) is 6.67. The molecule has 3 aromatic rings. The van der Waals surface area contributed by atoms with Gasteiger partial charge < -0.3 is 25.4 Å². The summed E-state index contributed by atoms with van der Waals surface area (Å²) in [7, 11) is 0. The fraction of sp³-hybridized carbons (Fsp3) is 0.296. The van der Waals surface area contributed by atoms with Crippen LogP contribution in [0.25, 0.3) is 5.69 Å². The number of primary amides is 1. The third-order valence-corrected chi connectivity index (χ3v) is 6.80. The lowest BCUT2D eigenvalue weighted by Crippen LogP contribution is -2.50. The number of benzene rings is 2. The van der Waals surface area contributed by atoms with Gasteiger partial charge in [-0.3, -0.25) is 14.5 Å². The molecule has 210 valence electrons. The minimum Gasteiger partial charge on any atom is -0.457 e. The van der Waals surface area contributed by atoms with Crippen LogP contribution >= 0.6 is 0 Å². The lowest BCUT2D eigenvalue weighted by Gasteiger charge is -2.40. The maximum atomic E-state index is 12.5. The van der Waals surface area contributed by atoms with E-state index in [0.29, 0.717) is 61.3 Å². The maximum Gasteiger partial charge on any atom is 0.573 e. The number of carbonyl (C=O) groups is 2. The van der Waals surface area contributed by atoms with Crippen molar-refractivity contribution in [2.75, 3.05) is 38.0 Å². The standard InChI is InChI=1S/C27H27F3N6O4/c1-2-22(37)35-15-13-34(14-16-35)21-11-12-32-24-23(21)33-36(25(24)26(31)38)17-3-5-18(6-4-17)39-19-7-9-20(10-8-19)40-27(28,29)30/h2-10,21,32H,1,11-16H2,(H2,31,38)/t21-/m0/s1. The van der Waals surface area contributed by atoms with Crippen molar-refractivity contribution in [3.8, 4) is 22.9 Å². The fourth-order valence-corrected chi connectivity index (χ4v) is 4.97. The summed E-state index contributed by atoms with van der Waals surface area (Å²) < 4.78 is 48.2. The van der Waals surface area contributed by atoms with Crippen molar-refractivity contribution in [2.24, 2.45) is 5.73 Å². The van der Waals surface area contributed by atoms with Gasteiger partial charge in [0, 0.05) is 32.7 Å². The average Bonchev–Trinajstić information content (AvgIpc) is 3.34. The van der Waals surface area contributed by atoms with E-state index in [1.807, 2.05) is 0 Å². The maximum absolute atomic E-state index is 12.5. The van der Waals surface area contributed by atoms with E-state index in [4.69, 9.17) is 15.6 Å². The van der Waals surface area contributed by atoms with Crippen molar-refractivity contribution in [2.45, 2.75) is 18.8 Å². The number of carbonyl (C=O) groups excluding carboxylic acids is 2. The van der Waals surface area contributed by atoms with Crippen LogP contribution in [0.1, 0.15) is 28.6 Å². The summed E-state index contributed by atoms with van der Waals surface area (Å²) in [6, 6.07) is 11.7. The molecule has 0 bridgehead atoms. The molecule has 1 aromatic heterocycles. The number of anilines is 1. The molecule has 0 radical (unpaired) electrons. The van der Waals surface area contributed by atoms with Crippen molar-refractivity contribution in [1.82, 2.24) is 19.6 Å². The van der Waals surface area contributed by atoms with Crippen LogP contribution in [0.3, 0.4) is 0 Å². The summed E-state index contributed by atoms with van der Waals surface area (Å²) in [6.07, 6.45) is -2.68. The van der Waals surface area contributed by atoms with Gasteiger partial charge in [0.2, 0.25) is 5.91 Å². The molecule has 3 heterocycles. The number of alkyl halides is 3. The van der Waals surface area contributed by atoms with Gasteiger partial charge in [0.15, 0.2) is 5.69 Å². The summed E-state index contributed by atoms with van der Waals surface area (Å²) >= 11 is 0. The zero-order valence-corrected chi connectivity index (χ0v) is 21.4. The average molecular weight is 557 g/mol. The minimum absolute atomic E-state index is 0.0523. The molecule has 13 heteroatoms. The second-order valence-electron chi connectivity index (χ2n) is 9.30. The summed E-state index contributed by atoms with van der Waals surface area (Å²) in [5, 5.41) is 8.07. The van der Waals surface area contributed by atoms with Crippen molar-refractivity contribution in [3.63, 3.8) is 0 Å². The molecule has 0 aliphatic carbocycles. The molecular formula is C27H27F3N6O4. The molecule has 0 saturated carbocycles. The third kappa shape index (κ3) is 5.73. The summed E-state index contributed by atoms with van der Waals surface area (Å²) in [5.41, 5.74) is 7.89. The number of amides is 2. The highest BCUT2D eigenvalue weighted by atomic mass is 19.4. The molecule has 1 atom stereocenters. The van der Waals surface area contributed by atoms with Crippen LogP contribution in [0.2, 0.25) is 0 Å². The van der Waals surface area contributed by atoms with Crippen LogP contribution < -0.4 is 20.5 Å². The lowest BCUT2D eigenvalue weighted by atomic mass is 10.0. The molecule has 10 nitrogen and oxygen atoms in total. The van der Waals surface area contributed by atoms with Gasteiger partial charge in [-0.05, 0) is 61.0 Å². The van der Waals surface area contributed by atoms with Crippen LogP contribution in [0.15, 0.2) is 61.2 Å². The summed E-state index contributed by atoms with van der Waals surface area (Å²) in [4.78, 5) is 28.5. The van der Waals surface area contributed by atoms with Gasteiger partial charge in [0.05, 0.1) is 17.4 Å². The number of nitrogens with two attached hydrogens (primary N) is 1. The molecule has 40 heavy (non-hydrogen) atoms. The Morgan fingerprint density at radius 2 is 1.60 bits per heavy atom. The normalized spacial score (nSPS) is 17.5. The second-order valence-corrected chi connectivity index (χ2v) is 9.30. The molecule has 5 rings (SSSR count). The summed E-state index contributed by atoms with van der Waals surface area (Å²) in [5.74, 6) is -0.336. The van der Waals surface area contributed by atoms with Gasteiger partial charge in [-0.1, -0.05) is 6.58 Å². The second kappa shape index (κ2) is 10.9. The van der Waals surface area contributed by atoms with E-state index in [-0.39, 0.29) is 23.4 Å². The van der Waals surface area contributed by atoms with E-state index in [1.165, 1.54) is 22.9 Å². The highest BCUT2D eigenvalue weighted by molar-refractivity contribution is 5.98. The molecule has 2 aliphatic heterocycles. The fourth-order valence-electron chi connectivity index (χ4n) is 4.97. The molecule has 1 fully saturated rings. The van der Waals surface area contributed by atoms with E-state index >= 15 is 0 Å². The Labute approximate surface area is 227 Å². The molecule has 3 N–H and O–H groups in total. The SMILES string of the molecule is C=CC(=O)N1CCN([C@H]2CCNc3c2nn(-c2ccc(Oc4ccc(OC(F)(F)F)cc4)cc2)c3C(N)=O)CC1. The van der Waals surface area contributed by atoms with Crippen molar-refractivity contribution < 1.29 is 32.2 Å². The zero-order valence-electron chi connectivity index (χ0n) is 21.4. The molecule has 2 amide bonds. The number of piperazine rings is 1. The highest BCUT2D eigenvalue weighted by Crippen LogP contribution is 2.37. The van der Waals surface area contributed by atoms with E-state index in [1.54, 1.807) is 29.2 Å². The zero-order chi connectivity index (χ0) is 28.4. The quantitative estimate of drug-likeness (QED) is 0.425. The smallest absolute Gasteiger partial charge is 0.457 e. The number of nitrogens with one attached hydrogen (secondary N) is 1. The van der Waals surface area contributed by atoms with E-state index in [2.05, 4.69) is 21.5 Å². The van der Waals surface area contributed by atoms with E-state index in [9.17, 15) is 22.8 Å². The monoisotopic (exact) mass is 556 g/mol. The molecule has 0 unspecified atom stereocenters. The predicted molar refractivity (Wildman–Crippen MR) is 139 cm³/mol. The molecule has 0 spiro atoms. The van der Waals surface area contributed by atoms with Crippen LogP contribution in [0, 0.1) is 0 Å². The van der Waals surface area contributed by atoms with Gasteiger partial charge in [0.1, 0.15) is 22.9 Å². The third-order valence-electron chi connectivity index (χ3n) is 6.80. The Hall–Kier alpha value is -4.52. The van der Waals surface area contributed by atoms with Gasteiger partial charge in [-0.15, -0.1) is 13.2 Å². The van der Waals surface area contributed by atoms with Gasteiger partial charge in [-0.25, -0.2) is 4.68 Å². The van der Waals surface area contributed by atoms with Gasteiger partial charge >= 0.3 is 6.36 Å². The Morgan fingerprint density at radius 3 is 2.17 bits per heavy atom.